The Bertz CT molecular complexity index is 183. The van der Waals surface area contributed by atoms with E-state index in [1.165, 1.54) is 0 Å². The highest BCUT2D eigenvalue weighted by molar-refractivity contribution is 7.99. The number of methoxy groups -OCH3 is 1. The Morgan fingerprint density at radius 1 is 1.64 bits per heavy atom. The second-order valence-corrected chi connectivity index (χ2v) is 4.50. The van der Waals surface area contributed by atoms with Crippen LogP contribution < -0.4 is 0 Å². The number of carbonyl (C=O) groups is 1. The molecule has 5 heteroatoms. The number of likely N-dealkylation sites (tertiary alicyclic amines) is 1. The third-order valence-electron chi connectivity index (χ3n) is 2.23. The fraction of sp³-hybridized carbons (Fsp3) is 0.889. The van der Waals surface area contributed by atoms with E-state index < -0.39 is 0 Å². The second-order valence-electron chi connectivity index (χ2n) is 3.39. The van der Waals surface area contributed by atoms with Crippen molar-refractivity contribution in [3.8, 4) is 0 Å². The first kappa shape index (κ1) is 11.8. The highest BCUT2D eigenvalue weighted by atomic mass is 32.2. The van der Waals surface area contributed by atoms with Crippen molar-refractivity contribution in [1.29, 1.82) is 0 Å². The lowest BCUT2D eigenvalue weighted by Crippen LogP contribution is -2.52. The molecule has 82 valence electrons. The number of amides is 1. The van der Waals surface area contributed by atoms with E-state index in [4.69, 9.17) is 9.84 Å². The van der Waals surface area contributed by atoms with Crippen molar-refractivity contribution >= 4 is 17.7 Å². The fourth-order valence-corrected chi connectivity index (χ4v) is 2.07. The summed E-state index contributed by atoms with van der Waals surface area (Å²) < 4.78 is 4.88. The van der Waals surface area contributed by atoms with Crippen LogP contribution in [-0.2, 0) is 9.53 Å². The number of hydrogen-bond acceptors (Lipinski definition) is 4. The maximum Gasteiger partial charge on any atom is 0.232 e. The van der Waals surface area contributed by atoms with Crippen LogP contribution in [-0.4, -0.2) is 60.8 Å². The molecule has 14 heavy (non-hydrogen) atoms. The van der Waals surface area contributed by atoms with Gasteiger partial charge in [0.1, 0.15) is 0 Å². The molecule has 0 aromatic rings. The Morgan fingerprint density at radius 3 is 2.93 bits per heavy atom. The van der Waals surface area contributed by atoms with Crippen molar-refractivity contribution in [1.82, 2.24) is 4.90 Å². The molecular formula is C9H17NO3S. The van der Waals surface area contributed by atoms with Crippen LogP contribution in [0.2, 0.25) is 0 Å². The minimum atomic E-state index is 0.177. The highest BCUT2D eigenvalue weighted by Gasteiger charge is 2.29. The molecule has 1 heterocycles. The summed E-state index contributed by atoms with van der Waals surface area (Å²) in [4.78, 5) is 13.2. The smallest absolute Gasteiger partial charge is 0.232 e. The Hall–Kier alpha value is -0.260. The molecule has 0 atom stereocenters. The average Bonchev–Trinajstić information content (AvgIpc) is 2.11. The number of rotatable bonds is 6. The summed E-state index contributed by atoms with van der Waals surface area (Å²) in [5.41, 5.74) is 0. The van der Waals surface area contributed by atoms with Gasteiger partial charge < -0.3 is 14.7 Å². The van der Waals surface area contributed by atoms with Crippen LogP contribution in [0, 0.1) is 5.92 Å². The van der Waals surface area contributed by atoms with Gasteiger partial charge in [-0.3, -0.25) is 4.79 Å². The minimum absolute atomic E-state index is 0.177. The molecule has 4 nitrogen and oxygen atoms in total. The first-order valence-corrected chi connectivity index (χ1v) is 5.88. The molecule has 0 radical (unpaired) electrons. The molecule has 0 bridgehead atoms. The van der Waals surface area contributed by atoms with E-state index >= 15 is 0 Å². The topological polar surface area (TPSA) is 49.8 Å². The van der Waals surface area contributed by atoms with Crippen LogP contribution in [0.5, 0.6) is 0 Å². The summed E-state index contributed by atoms with van der Waals surface area (Å²) in [5.74, 6) is 1.87. The van der Waals surface area contributed by atoms with Crippen LogP contribution >= 0.6 is 11.8 Å². The van der Waals surface area contributed by atoms with E-state index in [-0.39, 0.29) is 12.5 Å². The Labute approximate surface area is 88.6 Å². The maximum absolute atomic E-state index is 11.4. The lowest BCUT2D eigenvalue weighted by atomic mass is 10.0. The van der Waals surface area contributed by atoms with Gasteiger partial charge in [-0.15, -0.1) is 11.8 Å². The molecular weight excluding hydrogens is 202 g/mol. The van der Waals surface area contributed by atoms with Gasteiger partial charge in [-0.25, -0.2) is 0 Å². The number of hydrogen-bond donors (Lipinski definition) is 1. The van der Waals surface area contributed by atoms with E-state index in [0.29, 0.717) is 18.3 Å². The van der Waals surface area contributed by atoms with Crippen LogP contribution in [0.1, 0.15) is 0 Å². The molecule has 1 fully saturated rings. The average molecular weight is 219 g/mol. The van der Waals surface area contributed by atoms with Gasteiger partial charge >= 0.3 is 0 Å². The number of aliphatic hydroxyl groups is 1. The van der Waals surface area contributed by atoms with Crippen LogP contribution in [0.25, 0.3) is 0 Å². The molecule has 0 aromatic carbocycles. The van der Waals surface area contributed by atoms with Crippen molar-refractivity contribution in [2.24, 2.45) is 5.92 Å². The molecule has 0 saturated carbocycles. The summed E-state index contributed by atoms with van der Waals surface area (Å²) in [6, 6.07) is 0. The van der Waals surface area contributed by atoms with Crippen LogP contribution in [0.4, 0.5) is 0 Å². The molecule has 1 amide bonds. The van der Waals surface area contributed by atoms with Crippen molar-refractivity contribution < 1.29 is 14.6 Å². The van der Waals surface area contributed by atoms with Crippen LogP contribution in [0.15, 0.2) is 0 Å². The fourth-order valence-electron chi connectivity index (χ4n) is 1.28. The minimum Gasteiger partial charge on any atom is -0.396 e. The predicted octanol–water partition coefficient (Wildman–Crippen LogP) is -0.183. The van der Waals surface area contributed by atoms with Gasteiger partial charge in [-0.05, 0) is 0 Å². The van der Waals surface area contributed by atoms with E-state index in [0.717, 1.165) is 18.8 Å². The van der Waals surface area contributed by atoms with Crippen molar-refractivity contribution in [2.45, 2.75) is 0 Å². The van der Waals surface area contributed by atoms with Gasteiger partial charge in [-0.1, -0.05) is 0 Å². The largest absolute Gasteiger partial charge is 0.396 e. The molecule has 1 N–H and O–H groups in total. The number of aliphatic hydroxyl groups excluding tert-OH is 1. The van der Waals surface area contributed by atoms with Gasteiger partial charge in [0, 0.05) is 38.5 Å². The van der Waals surface area contributed by atoms with E-state index in [9.17, 15) is 4.79 Å². The second kappa shape index (κ2) is 6.27. The van der Waals surface area contributed by atoms with Gasteiger partial charge in [0.05, 0.1) is 12.4 Å². The Kier molecular flexibility index (Phi) is 5.29. The van der Waals surface area contributed by atoms with Gasteiger partial charge in [0.15, 0.2) is 0 Å². The third-order valence-corrected chi connectivity index (χ3v) is 3.13. The van der Waals surface area contributed by atoms with Gasteiger partial charge in [0.25, 0.3) is 0 Å². The number of thioether (sulfide) groups is 1. The van der Waals surface area contributed by atoms with Gasteiger partial charge in [0.2, 0.25) is 5.91 Å². The number of ether oxygens (including phenoxy) is 1. The summed E-state index contributed by atoms with van der Waals surface area (Å²) in [6.45, 7) is 2.33. The normalized spacial score (nSPS) is 16.9. The number of carbonyl (C=O) groups excluding carboxylic acids is 1. The lowest BCUT2D eigenvalue weighted by Gasteiger charge is -2.38. The van der Waals surface area contributed by atoms with E-state index in [2.05, 4.69) is 0 Å². The highest BCUT2D eigenvalue weighted by Crippen LogP contribution is 2.16. The molecule has 0 spiro atoms. The molecule has 1 rings (SSSR count). The quantitative estimate of drug-likeness (QED) is 0.629. The lowest BCUT2D eigenvalue weighted by molar-refractivity contribution is -0.135. The summed E-state index contributed by atoms with van der Waals surface area (Å²) in [6.07, 6.45) is 0. The Balaban J connectivity index is 2.00. The molecule has 1 saturated heterocycles. The van der Waals surface area contributed by atoms with Crippen molar-refractivity contribution in [3.63, 3.8) is 0 Å². The first-order valence-electron chi connectivity index (χ1n) is 4.73. The third kappa shape index (κ3) is 3.48. The molecule has 1 aliphatic heterocycles. The van der Waals surface area contributed by atoms with Gasteiger partial charge in [-0.2, -0.15) is 0 Å². The zero-order valence-corrected chi connectivity index (χ0v) is 9.26. The SMILES string of the molecule is COCCSCC(=O)N1CC(CO)C1. The Morgan fingerprint density at radius 2 is 2.36 bits per heavy atom. The standard InChI is InChI=1S/C9H17NO3S/c1-13-2-3-14-7-9(12)10-4-8(5-10)6-11/h8,11H,2-7H2,1H3. The van der Waals surface area contributed by atoms with Crippen molar-refractivity contribution in [3.05, 3.63) is 0 Å². The zero-order valence-electron chi connectivity index (χ0n) is 8.44. The van der Waals surface area contributed by atoms with E-state index in [1.807, 2.05) is 0 Å². The van der Waals surface area contributed by atoms with Crippen LogP contribution in [0.3, 0.4) is 0 Å². The molecule has 0 unspecified atom stereocenters. The maximum atomic E-state index is 11.4. The summed E-state index contributed by atoms with van der Waals surface area (Å²) in [5, 5.41) is 8.77. The first-order chi connectivity index (χ1) is 6.77. The summed E-state index contributed by atoms with van der Waals surface area (Å²) >= 11 is 1.59. The monoisotopic (exact) mass is 219 g/mol. The predicted molar refractivity (Wildman–Crippen MR) is 56.4 cm³/mol. The zero-order chi connectivity index (χ0) is 10.4. The number of nitrogens with zero attached hydrogens (tertiary/aromatic N) is 1. The van der Waals surface area contributed by atoms with Crippen molar-refractivity contribution in [2.75, 3.05) is 44.9 Å². The molecule has 0 aliphatic carbocycles. The molecule has 0 aromatic heterocycles. The van der Waals surface area contributed by atoms with E-state index in [1.54, 1.807) is 23.8 Å². The summed E-state index contributed by atoms with van der Waals surface area (Å²) in [7, 11) is 1.66. The molecule has 1 aliphatic rings.